The monoisotopic (exact) mass is 167 g/mol. The number of amides is 1. The van der Waals surface area contributed by atoms with Crippen molar-refractivity contribution < 1.29 is 4.79 Å². The number of fused-ring (bicyclic) bond motifs is 1. The van der Waals surface area contributed by atoms with E-state index in [1.165, 1.54) is 38.5 Å². The van der Waals surface area contributed by atoms with Crippen LogP contribution in [0.1, 0.15) is 45.4 Å². The predicted molar refractivity (Wildman–Crippen MR) is 47.7 cm³/mol. The summed E-state index contributed by atoms with van der Waals surface area (Å²) in [5.74, 6) is 0.955. The van der Waals surface area contributed by atoms with Gasteiger partial charge in [0.05, 0.1) is 0 Å². The maximum Gasteiger partial charge on any atom is 0.217 e. The highest BCUT2D eigenvalue weighted by molar-refractivity contribution is 5.74. The molecule has 0 saturated heterocycles. The van der Waals surface area contributed by atoms with Crippen molar-refractivity contribution in [3.05, 3.63) is 0 Å². The highest BCUT2D eigenvalue weighted by Crippen LogP contribution is 2.48. The maximum atomic E-state index is 11.0. The van der Waals surface area contributed by atoms with Crippen LogP contribution in [-0.2, 0) is 4.79 Å². The molecule has 2 atom stereocenters. The Balaban J connectivity index is 2.02. The van der Waals surface area contributed by atoms with Crippen molar-refractivity contribution in [2.24, 2.45) is 5.92 Å². The summed E-state index contributed by atoms with van der Waals surface area (Å²) in [4.78, 5) is 11.0. The average Bonchev–Trinajstić information content (AvgIpc) is 1.97. The minimum Gasteiger partial charge on any atom is -0.351 e. The Bertz CT molecular complexity index is 202. The average molecular weight is 167 g/mol. The van der Waals surface area contributed by atoms with Gasteiger partial charge in [0.2, 0.25) is 5.91 Å². The maximum absolute atomic E-state index is 11.0. The largest absolute Gasteiger partial charge is 0.351 e. The van der Waals surface area contributed by atoms with E-state index in [4.69, 9.17) is 0 Å². The van der Waals surface area contributed by atoms with Gasteiger partial charge >= 0.3 is 0 Å². The van der Waals surface area contributed by atoms with E-state index in [1.807, 2.05) is 0 Å². The number of rotatable bonds is 1. The number of hydrogen-bond acceptors (Lipinski definition) is 1. The zero-order valence-electron chi connectivity index (χ0n) is 7.73. The fourth-order valence-electron chi connectivity index (χ4n) is 2.86. The minimum absolute atomic E-state index is 0.154. The summed E-state index contributed by atoms with van der Waals surface area (Å²) < 4.78 is 0. The smallest absolute Gasteiger partial charge is 0.217 e. The van der Waals surface area contributed by atoms with Crippen LogP contribution in [-0.4, -0.2) is 11.4 Å². The molecule has 0 aromatic rings. The van der Waals surface area contributed by atoms with Gasteiger partial charge in [0.1, 0.15) is 0 Å². The Hall–Kier alpha value is -0.530. The number of carbonyl (C=O) groups excluding carboxylic acids is 1. The molecule has 0 radical (unpaired) electrons. The summed E-state index contributed by atoms with van der Waals surface area (Å²) in [5, 5.41) is 3.16. The van der Waals surface area contributed by atoms with E-state index in [1.54, 1.807) is 6.92 Å². The number of hydrogen-bond donors (Lipinski definition) is 1. The molecule has 0 aromatic heterocycles. The molecule has 1 amide bonds. The number of carbonyl (C=O) groups is 1. The van der Waals surface area contributed by atoms with Crippen LogP contribution in [0.25, 0.3) is 0 Å². The van der Waals surface area contributed by atoms with E-state index in [2.05, 4.69) is 5.32 Å². The van der Waals surface area contributed by atoms with Gasteiger partial charge in [-0.3, -0.25) is 4.79 Å². The van der Waals surface area contributed by atoms with Crippen molar-refractivity contribution in [1.29, 1.82) is 0 Å². The molecule has 68 valence electrons. The molecule has 0 aromatic carbocycles. The van der Waals surface area contributed by atoms with Crippen molar-refractivity contribution in [3.63, 3.8) is 0 Å². The van der Waals surface area contributed by atoms with E-state index in [-0.39, 0.29) is 11.4 Å². The molecule has 0 bridgehead atoms. The Kier molecular flexibility index (Phi) is 1.85. The van der Waals surface area contributed by atoms with Gasteiger partial charge < -0.3 is 5.32 Å². The molecule has 0 heterocycles. The third kappa shape index (κ3) is 1.13. The lowest BCUT2D eigenvalue weighted by Gasteiger charge is -2.53. The zero-order chi connectivity index (χ0) is 8.60. The normalized spacial score (nSPS) is 39.6. The fraction of sp³-hybridized carbons (Fsp3) is 0.900. The molecular formula is C10H17NO. The first-order chi connectivity index (χ1) is 5.73. The zero-order valence-corrected chi connectivity index (χ0v) is 7.73. The molecule has 2 aliphatic carbocycles. The standard InChI is InChI=1S/C10H17NO/c1-8(12)11-10-6-3-2-4-9(10)5-7-10/h9H,2-7H2,1H3,(H,11,12). The van der Waals surface area contributed by atoms with Gasteiger partial charge in [-0.05, 0) is 31.6 Å². The third-order valence-electron chi connectivity index (χ3n) is 3.57. The second-order valence-corrected chi connectivity index (χ2v) is 4.32. The van der Waals surface area contributed by atoms with Crippen LogP contribution in [0.15, 0.2) is 0 Å². The van der Waals surface area contributed by atoms with Crippen LogP contribution < -0.4 is 5.32 Å². The van der Waals surface area contributed by atoms with Crippen molar-refractivity contribution in [2.45, 2.75) is 51.0 Å². The first-order valence-electron chi connectivity index (χ1n) is 5.02. The van der Waals surface area contributed by atoms with Crippen molar-refractivity contribution in [3.8, 4) is 0 Å². The van der Waals surface area contributed by atoms with Gasteiger partial charge in [-0.2, -0.15) is 0 Å². The molecule has 12 heavy (non-hydrogen) atoms. The molecule has 2 aliphatic rings. The van der Waals surface area contributed by atoms with Gasteiger partial charge in [0.25, 0.3) is 0 Å². The van der Waals surface area contributed by atoms with Gasteiger partial charge in [0, 0.05) is 12.5 Å². The van der Waals surface area contributed by atoms with Crippen LogP contribution in [0.4, 0.5) is 0 Å². The van der Waals surface area contributed by atoms with E-state index in [0.717, 1.165) is 5.92 Å². The summed E-state index contributed by atoms with van der Waals surface area (Å²) in [7, 11) is 0. The molecule has 2 unspecified atom stereocenters. The first-order valence-corrected chi connectivity index (χ1v) is 5.02. The van der Waals surface area contributed by atoms with Crippen LogP contribution in [0.5, 0.6) is 0 Å². The fourth-order valence-corrected chi connectivity index (χ4v) is 2.86. The molecule has 2 fully saturated rings. The van der Waals surface area contributed by atoms with Crippen molar-refractivity contribution >= 4 is 5.91 Å². The Morgan fingerprint density at radius 1 is 1.33 bits per heavy atom. The second kappa shape index (κ2) is 2.75. The van der Waals surface area contributed by atoms with Crippen LogP contribution >= 0.6 is 0 Å². The summed E-state index contributed by atoms with van der Waals surface area (Å²) in [6.45, 7) is 1.64. The van der Waals surface area contributed by atoms with E-state index in [0.29, 0.717) is 0 Å². The molecule has 1 N–H and O–H groups in total. The Morgan fingerprint density at radius 3 is 2.67 bits per heavy atom. The SMILES string of the molecule is CC(=O)NC12CCCCC1CC2. The van der Waals surface area contributed by atoms with E-state index < -0.39 is 0 Å². The highest BCUT2D eigenvalue weighted by Gasteiger charge is 2.47. The van der Waals surface area contributed by atoms with Crippen molar-refractivity contribution in [2.75, 3.05) is 0 Å². The van der Waals surface area contributed by atoms with Crippen LogP contribution in [0.3, 0.4) is 0 Å². The van der Waals surface area contributed by atoms with E-state index in [9.17, 15) is 4.79 Å². The highest BCUT2D eigenvalue weighted by atomic mass is 16.1. The summed E-state index contributed by atoms with van der Waals surface area (Å²) >= 11 is 0. The van der Waals surface area contributed by atoms with E-state index >= 15 is 0 Å². The molecule has 2 saturated carbocycles. The van der Waals surface area contributed by atoms with Gasteiger partial charge in [-0.25, -0.2) is 0 Å². The Morgan fingerprint density at radius 2 is 2.17 bits per heavy atom. The quantitative estimate of drug-likeness (QED) is 0.634. The summed E-state index contributed by atoms with van der Waals surface area (Å²) in [6.07, 6.45) is 7.78. The Labute approximate surface area is 73.7 Å². The lowest BCUT2D eigenvalue weighted by Crippen LogP contribution is -2.60. The third-order valence-corrected chi connectivity index (χ3v) is 3.57. The molecule has 2 nitrogen and oxygen atoms in total. The van der Waals surface area contributed by atoms with Gasteiger partial charge in [-0.1, -0.05) is 12.8 Å². The second-order valence-electron chi connectivity index (χ2n) is 4.32. The lowest BCUT2D eigenvalue weighted by molar-refractivity contribution is -0.124. The predicted octanol–water partition coefficient (Wildman–Crippen LogP) is 1.85. The molecule has 0 spiro atoms. The molecule has 0 aliphatic heterocycles. The lowest BCUT2D eigenvalue weighted by atomic mass is 9.59. The summed E-state index contributed by atoms with van der Waals surface area (Å²) in [6, 6.07) is 0. The molecular weight excluding hydrogens is 150 g/mol. The van der Waals surface area contributed by atoms with Crippen molar-refractivity contribution in [1.82, 2.24) is 5.32 Å². The summed E-state index contributed by atoms with van der Waals surface area (Å²) in [5.41, 5.74) is 0.240. The van der Waals surface area contributed by atoms with Gasteiger partial charge in [-0.15, -0.1) is 0 Å². The minimum atomic E-state index is 0.154. The van der Waals surface area contributed by atoms with Gasteiger partial charge in [0.15, 0.2) is 0 Å². The topological polar surface area (TPSA) is 29.1 Å². The molecule has 2 heteroatoms. The molecule has 2 rings (SSSR count). The van der Waals surface area contributed by atoms with Crippen LogP contribution in [0, 0.1) is 5.92 Å². The first kappa shape index (κ1) is 8.09. The number of nitrogens with one attached hydrogen (secondary N) is 1. The van der Waals surface area contributed by atoms with Crippen LogP contribution in [0.2, 0.25) is 0 Å².